The summed E-state index contributed by atoms with van der Waals surface area (Å²) in [6.45, 7) is 5.76. The summed E-state index contributed by atoms with van der Waals surface area (Å²) >= 11 is 0. The topological polar surface area (TPSA) is 59.2 Å². The van der Waals surface area contributed by atoms with Gasteiger partial charge in [0, 0.05) is 5.41 Å². The first-order valence-electron chi connectivity index (χ1n) is 3.48. The molecule has 0 saturated heterocycles. The molecule has 0 saturated carbocycles. The Bertz CT molecular complexity index is 237. The summed E-state index contributed by atoms with van der Waals surface area (Å²) in [5.74, 6) is 0.900. The molecule has 1 aromatic heterocycles. The first-order valence-corrected chi connectivity index (χ1v) is 3.48. The molecule has 1 N–H and O–H groups in total. The molecule has 1 rings (SSSR count). The molecule has 0 amide bonds. The van der Waals surface area contributed by atoms with E-state index in [-0.39, 0.29) is 17.9 Å². The summed E-state index contributed by atoms with van der Waals surface area (Å²) in [4.78, 5) is 3.97. The van der Waals surface area contributed by atoms with Gasteiger partial charge in [-0.25, -0.2) is 0 Å². The number of hydrogen-bond acceptors (Lipinski definition) is 4. The van der Waals surface area contributed by atoms with E-state index in [9.17, 15) is 0 Å². The minimum Gasteiger partial charge on any atom is -0.387 e. The smallest absolute Gasteiger partial charge is 0.252 e. The molecule has 0 fully saturated rings. The monoisotopic (exact) mass is 156 g/mol. The van der Waals surface area contributed by atoms with Gasteiger partial charge in [0.05, 0.1) is 0 Å². The molecule has 0 unspecified atom stereocenters. The summed E-state index contributed by atoms with van der Waals surface area (Å²) in [7, 11) is 0. The average molecular weight is 156 g/mol. The second-order valence-electron chi connectivity index (χ2n) is 3.42. The van der Waals surface area contributed by atoms with Crippen molar-refractivity contribution in [3.8, 4) is 0 Å². The lowest BCUT2D eigenvalue weighted by molar-refractivity contribution is 0.222. The molecule has 0 aromatic carbocycles. The van der Waals surface area contributed by atoms with Crippen LogP contribution in [0.5, 0.6) is 0 Å². The molecule has 11 heavy (non-hydrogen) atoms. The fourth-order valence-electron chi connectivity index (χ4n) is 0.624. The van der Waals surface area contributed by atoms with Crippen molar-refractivity contribution in [1.29, 1.82) is 0 Å². The van der Waals surface area contributed by atoms with Crippen LogP contribution >= 0.6 is 0 Å². The standard InChI is InChI=1S/C7H12N2O2/c1-7(2,3)6-8-5(4-10)11-9-6/h10H,4H2,1-3H3. The van der Waals surface area contributed by atoms with E-state index in [1.807, 2.05) is 20.8 Å². The average Bonchev–Trinajstić information content (AvgIpc) is 2.32. The van der Waals surface area contributed by atoms with Gasteiger partial charge in [0.25, 0.3) is 5.89 Å². The van der Waals surface area contributed by atoms with Crippen LogP contribution in [0.2, 0.25) is 0 Å². The van der Waals surface area contributed by atoms with Gasteiger partial charge in [-0.2, -0.15) is 4.98 Å². The van der Waals surface area contributed by atoms with Crippen LogP contribution in [0, 0.1) is 0 Å². The molecule has 1 aromatic rings. The third-order valence-electron chi connectivity index (χ3n) is 1.27. The van der Waals surface area contributed by atoms with Crippen molar-refractivity contribution >= 4 is 0 Å². The quantitative estimate of drug-likeness (QED) is 0.655. The molecular formula is C7H12N2O2. The highest BCUT2D eigenvalue weighted by Gasteiger charge is 2.20. The van der Waals surface area contributed by atoms with Crippen molar-refractivity contribution in [2.45, 2.75) is 32.8 Å². The second kappa shape index (κ2) is 2.62. The third kappa shape index (κ3) is 1.77. The maximum atomic E-state index is 8.62. The summed E-state index contributed by atoms with van der Waals surface area (Å²) in [5, 5.41) is 12.3. The van der Waals surface area contributed by atoms with Crippen molar-refractivity contribution in [3.05, 3.63) is 11.7 Å². The van der Waals surface area contributed by atoms with Gasteiger partial charge < -0.3 is 9.63 Å². The molecule has 0 aliphatic heterocycles. The molecule has 0 aliphatic rings. The summed E-state index contributed by atoms with van der Waals surface area (Å²) in [6.07, 6.45) is 0. The number of rotatable bonds is 1. The second-order valence-corrected chi connectivity index (χ2v) is 3.42. The molecule has 0 spiro atoms. The number of aliphatic hydroxyl groups is 1. The molecular weight excluding hydrogens is 144 g/mol. The summed E-state index contributed by atoms with van der Waals surface area (Å²) in [6, 6.07) is 0. The van der Waals surface area contributed by atoms with E-state index in [0.29, 0.717) is 5.82 Å². The van der Waals surface area contributed by atoms with Gasteiger partial charge in [0.2, 0.25) is 0 Å². The van der Waals surface area contributed by atoms with E-state index in [4.69, 9.17) is 9.63 Å². The number of aliphatic hydroxyl groups excluding tert-OH is 1. The number of hydrogen-bond donors (Lipinski definition) is 1. The summed E-state index contributed by atoms with van der Waals surface area (Å²) < 4.78 is 4.73. The zero-order valence-corrected chi connectivity index (χ0v) is 6.96. The van der Waals surface area contributed by atoms with E-state index in [1.54, 1.807) is 0 Å². The van der Waals surface area contributed by atoms with Crippen molar-refractivity contribution in [2.24, 2.45) is 0 Å². The van der Waals surface area contributed by atoms with Crippen molar-refractivity contribution in [1.82, 2.24) is 10.1 Å². The predicted molar refractivity (Wildman–Crippen MR) is 38.9 cm³/mol. The van der Waals surface area contributed by atoms with Crippen molar-refractivity contribution in [3.63, 3.8) is 0 Å². The van der Waals surface area contributed by atoms with Crippen LogP contribution in [0.15, 0.2) is 4.52 Å². The van der Waals surface area contributed by atoms with Gasteiger partial charge in [-0.15, -0.1) is 0 Å². The Morgan fingerprint density at radius 2 is 2.09 bits per heavy atom. The zero-order chi connectivity index (χ0) is 8.48. The Morgan fingerprint density at radius 3 is 2.36 bits per heavy atom. The fraction of sp³-hybridized carbons (Fsp3) is 0.714. The Hall–Kier alpha value is -0.900. The minimum absolute atomic E-state index is 0.114. The zero-order valence-electron chi connectivity index (χ0n) is 6.96. The van der Waals surface area contributed by atoms with Gasteiger partial charge >= 0.3 is 0 Å². The van der Waals surface area contributed by atoms with Gasteiger partial charge in [0.15, 0.2) is 5.82 Å². The molecule has 0 atom stereocenters. The maximum Gasteiger partial charge on any atom is 0.252 e. The van der Waals surface area contributed by atoms with Crippen LogP contribution in [-0.4, -0.2) is 15.2 Å². The first-order chi connectivity index (χ1) is 5.04. The van der Waals surface area contributed by atoms with E-state index in [1.165, 1.54) is 0 Å². The van der Waals surface area contributed by atoms with E-state index in [0.717, 1.165) is 0 Å². The van der Waals surface area contributed by atoms with Crippen molar-refractivity contribution in [2.75, 3.05) is 0 Å². The highest BCUT2D eigenvalue weighted by atomic mass is 16.5. The first kappa shape index (κ1) is 8.20. The third-order valence-corrected chi connectivity index (χ3v) is 1.27. The maximum absolute atomic E-state index is 8.62. The lowest BCUT2D eigenvalue weighted by atomic mass is 9.96. The molecule has 0 bridgehead atoms. The van der Waals surface area contributed by atoms with Gasteiger partial charge in [-0.1, -0.05) is 25.9 Å². The van der Waals surface area contributed by atoms with Crippen LogP contribution in [-0.2, 0) is 12.0 Å². The highest BCUT2D eigenvalue weighted by molar-refractivity contribution is 4.99. The fourth-order valence-corrected chi connectivity index (χ4v) is 0.624. The molecule has 62 valence electrons. The molecule has 0 radical (unpaired) electrons. The van der Waals surface area contributed by atoms with Crippen LogP contribution in [0.1, 0.15) is 32.5 Å². The Kier molecular flexibility index (Phi) is 1.95. The molecule has 4 heteroatoms. The van der Waals surface area contributed by atoms with Crippen LogP contribution < -0.4 is 0 Å². The predicted octanol–water partition coefficient (Wildman–Crippen LogP) is 0.859. The lowest BCUT2D eigenvalue weighted by Gasteiger charge is -2.10. The van der Waals surface area contributed by atoms with E-state index >= 15 is 0 Å². The van der Waals surface area contributed by atoms with Crippen LogP contribution in [0.4, 0.5) is 0 Å². The summed E-state index contributed by atoms with van der Waals surface area (Å²) in [5.41, 5.74) is -0.114. The molecule has 0 aliphatic carbocycles. The largest absolute Gasteiger partial charge is 0.387 e. The highest BCUT2D eigenvalue weighted by Crippen LogP contribution is 2.17. The number of nitrogens with zero attached hydrogens (tertiary/aromatic N) is 2. The van der Waals surface area contributed by atoms with Gasteiger partial charge in [-0.05, 0) is 0 Å². The molecule has 4 nitrogen and oxygen atoms in total. The van der Waals surface area contributed by atoms with E-state index in [2.05, 4.69) is 10.1 Å². The Labute approximate surface area is 65.2 Å². The van der Waals surface area contributed by atoms with Crippen molar-refractivity contribution < 1.29 is 9.63 Å². The van der Waals surface area contributed by atoms with Crippen LogP contribution in [0.3, 0.4) is 0 Å². The molecule has 1 heterocycles. The Balaban J connectivity index is 2.89. The number of aromatic nitrogens is 2. The normalized spacial score (nSPS) is 12.0. The lowest BCUT2D eigenvalue weighted by Crippen LogP contribution is -2.13. The van der Waals surface area contributed by atoms with Crippen LogP contribution in [0.25, 0.3) is 0 Å². The minimum atomic E-state index is -0.191. The van der Waals surface area contributed by atoms with Gasteiger partial charge in [-0.3, -0.25) is 0 Å². The SMILES string of the molecule is CC(C)(C)c1noc(CO)n1. The Morgan fingerprint density at radius 1 is 1.45 bits per heavy atom. The van der Waals surface area contributed by atoms with Gasteiger partial charge in [0.1, 0.15) is 6.61 Å². The van der Waals surface area contributed by atoms with E-state index < -0.39 is 0 Å².